The van der Waals surface area contributed by atoms with Crippen LogP contribution in [0.4, 0.5) is 8.78 Å². The summed E-state index contributed by atoms with van der Waals surface area (Å²) in [5.74, 6) is 0.332. The molecule has 0 N–H and O–H groups in total. The number of aromatic nitrogens is 2. The number of alkyl halides is 1. The van der Waals surface area contributed by atoms with Crippen molar-refractivity contribution in [3.63, 3.8) is 0 Å². The van der Waals surface area contributed by atoms with Crippen molar-refractivity contribution in [2.24, 2.45) is 0 Å². The summed E-state index contributed by atoms with van der Waals surface area (Å²) >= 11 is 0. The molecule has 0 aliphatic carbocycles. The van der Waals surface area contributed by atoms with E-state index in [4.69, 9.17) is 0 Å². The third-order valence-electron chi connectivity index (χ3n) is 5.63. The molecule has 2 aromatic rings. The molecule has 1 aromatic carbocycles. The summed E-state index contributed by atoms with van der Waals surface area (Å²) in [7, 11) is 0. The molecule has 166 valence electrons. The van der Waals surface area contributed by atoms with Gasteiger partial charge in [-0.2, -0.15) is 0 Å². The number of halogens is 2. The van der Waals surface area contributed by atoms with Gasteiger partial charge in [-0.25, -0.2) is 18.7 Å². The van der Waals surface area contributed by atoms with Crippen molar-refractivity contribution in [2.45, 2.75) is 103 Å². The van der Waals surface area contributed by atoms with E-state index in [1.165, 1.54) is 57.4 Å². The van der Waals surface area contributed by atoms with Crippen molar-refractivity contribution in [1.82, 2.24) is 9.97 Å². The highest BCUT2D eigenvalue weighted by Gasteiger charge is 2.08. The quantitative estimate of drug-likeness (QED) is 0.275. The van der Waals surface area contributed by atoms with Gasteiger partial charge >= 0.3 is 0 Å². The Labute approximate surface area is 181 Å². The number of benzene rings is 1. The van der Waals surface area contributed by atoms with Crippen molar-refractivity contribution in [3.05, 3.63) is 47.5 Å². The van der Waals surface area contributed by atoms with Gasteiger partial charge in [-0.05, 0) is 56.2 Å². The van der Waals surface area contributed by atoms with Crippen LogP contribution in [0.15, 0.2) is 30.6 Å². The maximum Gasteiger partial charge on any atom is 0.159 e. The van der Waals surface area contributed by atoms with Crippen LogP contribution in [0.5, 0.6) is 0 Å². The predicted molar refractivity (Wildman–Crippen MR) is 122 cm³/mol. The Morgan fingerprint density at radius 3 is 2.10 bits per heavy atom. The molecule has 0 saturated carbocycles. The van der Waals surface area contributed by atoms with E-state index < -0.39 is 6.17 Å². The molecule has 1 unspecified atom stereocenters. The van der Waals surface area contributed by atoms with E-state index in [1.54, 1.807) is 13.0 Å². The Morgan fingerprint density at radius 2 is 1.47 bits per heavy atom. The zero-order chi connectivity index (χ0) is 21.6. The number of nitrogens with zero attached hydrogens (tertiary/aromatic N) is 2. The van der Waals surface area contributed by atoms with Gasteiger partial charge in [-0.3, -0.25) is 0 Å². The molecule has 2 nitrogen and oxygen atoms in total. The number of rotatable bonds is 15. The molecule has 0 saturated heterocycles. The molecule has 0 aliphatic heterocycles. The zero-order valence-electron chi connectivity index (χ0n) is 18.8. The van der Waals surface area contributed by atoms with Gasteiger partial charge in [-0.15, -0.1) is 0 Å². The zero-order valence-corrected chi connectivity index (χ0v) is 18.8. The first-order chi connectivity index (χ1) is 14.6. The fraction of sp³-hybridized carbons (Fsp3) is 0.615. The Bertz CT molecular complexity index is 713. The van der Waals surface area contributed by atoms with Gasteiger partial charge in [-0.1, -0.05) is 70.4 Å². The third-order valence-corrected chi connectivity index (χ3v) is 5.63. The first-order valence-corrected chi connectivity index (χ1v) is 11.8. The van der Waals surface area contributed by atoms with Gasteiger partial charge < -0.3 is 0 Å². The van der Waals surface area contributed by atoms with Crippen LogP contribution in [-0.2, 0) is 12.8 Å². The van der Waals surface area contributed by atoms with E-state index in [-0.39, 0.29) is 5.82 Å². The maximum atomic E-state index is 14.4. The van der Waals surface area contributed by atoms with Crippen molar-refractivity contribution in [1.29, 1.82) is 0 Å². The molecule has 0 radical (unpaired) electrons. The summed E-state index contributed by atoms with van der Waals surface area (Å²) in [5.41, 5.74) is 2.52. The largest absolute Gasteiger partial charge is 0.248 e. The van der Waals surface area contributed by atoms with Gasteiger partial charge in [0.25, 0.3) is 0 Å². The average molecular weight is 417 g/mol. The van der Waals surface area contributed by atoms with Crippen LogP contribution < -0.4 is 0 Å². The average Bonchev–Trinajstić information content (AvgIpc) is 2.74. The van der Waals surface area contributed by atoms with Crippen molar-refractivity contribution >= 4 is 0 Å². The summed E-state index contributed by atoms with van der Waals surface area (Å²) in [4.78, 5) is 8.89. The second-order valence-electron chi connectivity index (χ2n) is 8.47. The van der Waals surface area contributed by atoms with Crippen molar-refractivity contribution in [3.8, 4) is 11.4 Å². The first-order valence-electron chi connectivity index (χ1n) is 11.8. The van der Waals surface area contributed by atoms with E-state index >= 15 is 0 Å². The summed E-state index contributed by atoms with van der Waals surface area (Å²) in [6.45, 7) is 3.81. The Kier molecular flexibility index (Phi) is 11.6. The lowest BCUT2D eigenvalue weighted by atomic mass is 10.0. The molecule has 4 heteroatoms. The molecule has 1 aromatic heterocycles. The molecule has 0 spiro atoms. The van der Waals surface area contributed by atoms with Crippen LogP contribution >= 0.6 is 0 Å². The van der Waals surface area contributed by atoms with Crippen molar-refractivity contribution in [2.75, 3.05) is 0 Å². The normalized spacial score (nSPS) is 12.3. The van der Waals surface area contributed by atoms with E-state index in [9.17, 15) is 8.78 Å². The summed E-state index contributed by atoms with van der Waals surface area (Å²) in [5, 5.41) is 0. The SMILES string of the molecule is CCCCCCCCCCc1cnc(-c2ccc(CCCCC(C)F)c(F)c2)nc1. The summed E-state index contributed by atoms with van der Waals surface area (Å²) in [6.07, 6.45) is 17.2. The fourth-order valence-corrected chi connectivity index (χ4v) is 3.73. The summed E-state index contributed by atoms with van der Waals surface area (Å²) in [6, 6.07) is 5.20. The van der Waals surface area contributed by atoms with E-state index in [0.717, 1.165) is 24.8 Å². The monoisotopic (exact) mass is 416 g/mol. The first kappa shape index (κ1) is 24.4. The topological polar surface area (TPSA) is 25.8 Å². The maximum absolute atomic E-state index is 14.4. The second kappa shape index (κ2) is 14.2. The van der Waals surface area contributed by atoms with Crippen LogP contribution in [0.1, 0.15) is 95.6 Å². The lowest BCUT2D eigenvalue weighted by molar-refractivity contribution is 0.331. The Balaban J connectivity index is 1.75. The molecule has 1 atom stereocenters. The molecule has 2 rings (SSSR count). The van der Waals surface area contributed by atoms with Crippen LogP contribution in [0.2, 0.25) is 0 Å². The van der Waals surface area contributed by atoms with Gasteiger partial charge in [0, 0.05) is 18.0 Å². The third kappa shape index (κ3) is 9.32. The fourth-order valence-electron chi connectivity index (χ4n) is 3.73. The van der Waals surface area contributed by atoms with Crippen molar-refractivity contribution < 1.29 is 8.78 Å². The number of hydrogen-bond acceptors (Lipinski definition) is 2. The molecule has 30 heavy (non-hydrogen) atoms. The van der Waals surface area contributed by atoms with Crippen LogP contribution in [0.3, 0.4) is 0 Å². The number of unbranched alkanes of at least 4 members (excludes halogenated alkanes) is 8. The molecular formula is C26H38F2N2. The van der Waals surface area contributed by atoms with Crippen LogP contribution in [0, 0.1) is 5.82 Å². The van der Waals surface area contributed by atoms with E-state index in [0.29, 0.717) is 29.8 Å². The minimum Gasteiger partial charge on any atom is -0.248 e. The molecule has 0 amide bonds. The Hall–Kier alpha value is -1.84. The number of aryl methyl sites for hydroxylation is 2. The van der Waals surface area contributed by atoms with Gasteiger partial charge in [0.2, 0.25) is 0 Å². The minimum absolute atomic E-state index is 0.229. The minimum atomic E-state index is -0.784. The molecule has 0 aliphatic rings. The summed E-state index contributed by atoms with van der Waals surface area (Å²) < 4.78 is 27.3. The van der Waals surface area contributed by atoms with E-state index in [1.807, 2.05) is 18.5 Å². The predicted octanol–water partition coefficient (Wildman–Crippen LogP) is 8.04. The number of hydrogen-bond donors (Lipinski definition) is 0. The van der Waals surface area contributed by atoms with Gasteiger partial charge in [0.05, 0.1) is 6.17 Å². The van der Waals surface area contributed by atoms with Gasteiger partial charge in [0.1, 0.15) is 5.82 Å². The molecule has 0 bridgehead atoms. The molecular weight excluding hydrogens is 378 g/mol. The Morgan fingerprint density at radius 1 is 0.833 bits per heavy atom. The highest BCUT2D eigenvalue weighted by atomic mass is 19.1. The molecule has 0 fully saturated rings. The molecule has 1 heterocycles. The smallest absolute Gasteiger partial charge is 0.159 e. The second-order valence-corrected chi connectivity index (χ2v) is 8.47. The van der Waals surface area contributed by atoms with Crippen LogP contribution in [0.25, 0.3) is 11.4 Å². The lowest BCUT2D eigenvalue weighted by Gasteiger charge is -2.07. The highest BCUT2D eigenvalue weighted by molar-refractivity contribution is 5.55. The van der Waals surface area contributed by atoms with Gasteiger partial charge in [0.15, 0.2) is 5.82 Å². The highest BCUT2D eigenvalue weighted by Crippen LogP contribution is 2.21. The lowest BCUT2D eigenvalue weighted by Crippen LogP contribution is -1.97. The van der Waals surface area contributed by atoms with Crippen LogP contribution in [-0.4, -0.2) is 16.1 Å². The standard InChI is InChI=1S/C26H38F2N2/c1-3-4-5-6-7-8-9-10-14-22-19-29-26(30-20-22)24-17-16-23(25(28)18-24)15-12-11-13-21(2)27/h16-21H,3-15H2,1-2H3. The van der Waals surface area contributed by atoms with E-state index in [2.05, 4.69) is 16.9 Å².